The molecule has 0 saturated carbocycles. The number of aromatic nitrogens is 2. The maximum atomic E-state index is 14.2. The van der Waals surface area contributed by atoms with Gasteiger partial charge in [0.2, 0.25) is 12.1 Å². The van der Waals surface area contributed by atoms with Crippen LogP contribution in [0.1, 0.15) is 17.4 Å². The molecule has 10 heteroatoms. The van der Waals surface area contributed by atoms with Crippen LogP contribution in [0, 0.1) is 5.92 Å². The van der Waals surface area contributed by atoms with Crippen molar-refractivity contribution >= 4 is 11.7 Å². The van der Waals surface area contributed by atoms with Gasteiger partial charge in [-0.3, -0.25) is 9.36 Å². The van der Waals surface area contributed by atoms with E-state index in [1.807, 2.05) is 24.3 Å². The molecule has 154 valence electrons. The van der Waals surface area contributed by atoms with Gasteiger partial charge in [-0.05, 0) is 30.0 Å². The van der Waals surface area contributed by atoms with Gasteiger partial charge < -0.3 is 20.3 Å². The first-order valence-corrected chi connectivity index (χ1v) is 9.10. The molecule has 1 fully saturated rings. The quantitative estimate of drug-likeness (QED) is 0.680. The summed E-state index contributed by atoms with van der Waals surface area (Å²) in [5, 5.41) is 21.2. The van der Waals surface area contributed by atoms with E-state index >= 15 is 0 Å². The molecule has 1 amide bonds. The molecule has 1 aliphatic carbocycles. The Morgan fingerprint density at radius 1 is 1.28 bits per heavy atom. The van der Waals surface area contributed by atoms with E-state index in [2.05, 4.69) is 10.3 Å². The van der Waals surface area contributed by atoms with Gasteiger partial charge in [0.05, 0.1) is 6.61 Å². The van der Waals surface area contributed by atoms with Crippen LogP contribution in [-0.4, -0.2) is 50.4 Å². The van der Waals surface area contributed by atoms with E-state index in [1.165, 1.54) is 6.07 Å². The molecule has 4 rings (SSSR count). The number of benzene rings is 1. The number of nitrogens with one attached hydrogen (secondary N) is 1. The fourth-order valence-electron chi connectivity index (χ4n) is 3.75. The fraction of sp³-hybridized carbons (Fsp3) is 0.421. The van der Waals surface area contributed by atoms with Crippen molar-refractivity contribution in [2.24, 2.45) is 5.92 Å². The first kappa shape index (κ1) is 19.6. The highest BCUT2D eigenvalue weighted by molar-refractivity contribution is 5.92. The average Bonchev–Trinajstić information content (AvgIpc) is 3.22. The van der Waals surface area contributed by atoms with Crippen LogP contribution in [-0.2, 0) is 22.4 Å². The second-order valence-corrected chi connectivity index (χ2v) is 7.19. The van der Waals surface area contributed by atoms with E-state index < -0.39 is 36.7 Å². The van der Waals surface area contributed by atoms with E-state index in [0.29, 0.717) is 17.4 Å². The normalized spacial score (nSPS) is 25.7. The van der Waals surface area contributed by atoms with Crippen molar-refractivity contribution in [2.75, 3.05) is 11.9 Å². The van der Waals surface area contributed by atoms with Crippen LogP contribution >= 0.6 is 0 Å². The number of ether oxygens (including phenoxy) is 1. The Kier molecular flexibility index (Phi) is 4.93. The highest BCUT2D eigenvalue weighted by Gasteiger charge is 2.59. The molecule has 0 bridgehead atoms. The van der Waals surface area contributed by atoms with Crippen LogP contribution in [0.15, 0.2) is 41.3 Å². The van der Waals surface area contributed by atoms with E-state index in [4.69, 9.17) is 9.84 Å². The number of hydrogen-bond acceptors (Lipinski definition) is 6. The van der Waals surface area contributed by atoms with Crippen LogP contribution in [0.4, 0.5) is 14.6 Å². The van der Waals surface area contributed by atoms with E-state index in [1.54, 1.807) is 0 Å². The summed E-state index contributed by atoms with van der Waals surface area (Å²) in [5.74, 6) is -4.48. The molecule has 2 aromatic rings. The molecule has 2 heterocycles. The Hall–Kier alpha value is -2.69. The number of fused-ring (bicyclic) bond motifs is 1. The lowest BCUT2D eigenvalue weighted by molar-refractivity contribution is -0.141. The Bertz CT molecular complexity index is 971. The van der Waals surface area contributed by atoms with Gasteiger partial charge in [0.1, 0.15) is 11.9 Å². The summed E-state index contributed by atoms with van der Waals surface area (Å²) >= 11 is 0. The van der Waals surface area contributed by atoms with Crippen molar-refractivity contribution < 1.29 is 28.5 Å². The van der Waals surface area contributed by atoms with Gasteiger partial charge >= 0.3 is 11.6 Å². The molecule has 1 aromatic heterocycles. The highest BCUT2D eigenvalue weighted by atomic mass is 19.3. The fourth-order valence-corrected chi connectivity index (χ4v) is 3.75. The molecule has 0 unspecified atom stereocenters. The average molecular weight is 407 g/mol. The smallest absolute Gasteiger partial charge is 0.351 e. The minimum Gasteiger partial charge on any atom is -0.394 e. The first-order chi connectivity index (χ1) is 13.8. The third-order valence-electron chi connectivity index (χ3n) is 5.32. The van der Waals surface area contributed by atoms with E-state index in [-0.39, 0.29) is 17.6 Å². The zero-order valence-corrected chi connectivity index (χ0v) is 15.2. The van der Waals surface area contributed by atoms with Gasteiger partial charge in [0.25, 0.3) is 0 Å². The lowest BCUT2D eigenvalue weighted by Gasteiger charge is -2.21. The number of rotatable bonds is 4. The Morgan fingerprint density at radius 2 is 1.93 bits per heavy atom. The minimum atomic E-state index is -3.79. The molecule has 0 spiro atoms. The first-order valence-electron chi connectivity index (χ1n) is 9.10. The maximum Gasteiger partial charge on any atom is 0.351 e. The number of halogens is 2. The highest BCUT2D eigenvalue weighted by Crippen LogP contribution is 2.42. The van der Waals surface area contributed by atoms with Crippen LogP contribution in [0.25, 0.3) is 0 Å². The summed E-state index contributed by atoms with van der Waals surface area (Å²) in [4.78, 5) is 28.4. The Labute approximate surface area is 163 Å². The predicted octanol–water partition coefficient (Wildman–Crippen LogP) is 0.483. The third-order valence-corrected chi connectivity index (χ3v) is 5.32. The zero-order chi connectivity index (χ0) is 20.8. The lowest BCUT2D eigenvalue weighted by Crippen LogP contribution is -2.41. The van der Waals surface area contributed by atoms with Crippen molar-refractivity contribution in [2.45, 2.75) is 37.2 Å². The minimum absolute atomic E-state index is 0.0622. The summed E-state index contributed by atoms with van der Waals surface area (Å²) in [5.41, 5.74) is 1.11. The predicted molar refractivity (Wildman–Crippen MR) is 96.4 cm³/mol. The molecular weight excluding hydrogens is 388 g/mol. The Morgan fingerprint density at radius 3 is 2.48 bits per heavy atom. The number of anilines is 1. The molecule has 3 N–H and O–H groups in total. The number of hydrogen-bond donors (Lipinski definition) is 3. The molecule has 1 saturated heterocycles. The topological polar surface area (TPSA) is 114 Å². The van der Waals surface area contributed by atoms with Gasteiger partial charge in [-0.1, -0.05) is 24.3 Å². The van der Waals surface area contributed by atoms with Gasteiger partial charge in [-0.25, -0.2) is 4.79 Å². The van der Waals surface area contributed by atoms with Crippen molar-refractivity contribution in [3.05, 3.63) is 58.1 Å². The number of carbonyl (C=O) groups excluding carboxylic acids is 1. The number of nitrogens with zero attached hydrogens (tertiary/aromatic N) is 2. The van der Waals surface area contributed by atoms with Crippen molar-refractivity contribution in [3.8, 4) is 0 Å². The van der Waals surface area contributed by atoms with Crippen LogP contribution in [0.3, 0.4) is 0 Å². The largest absolute Gasteiger partial charge is 0.394 e. The molecule has 1 aliphatic heterocycles. The molecule has 3 atom stereocenters. The van der Waals surface area contributed by atoms with Gasteiger partial charge in [-0.15, -0.1) is 0 Å². The van der Waals surface area contributed by atoms with E-state index in [0.717, 1.165) is 17.3 Å². The van der Waals surface area contributed by atoms with Crippen LogP contribution in [0.2, 0.25) is 0 Å². The number of alkyl halides is 2. The standard InChI is InChI=1S/C19H19F2N3O5/c20-19(21)15(26)13(9-25)29-17(19)24-6-5-14(23-18(24)28)22-16(27)12-7-10-3-1-2-4-11(10)8-12/h1-6,12-13,15,17,25-26H,7-9H2,(H,22,23,27,28)/t13-,15-,17-/m1/s1. The summed E-state index contributed by atoms with van der Waals surface area (Å²) < 4.78 is 33.9. The molecule has 8 nitrogen and oxygen atoms in total. The zero-order valence-electron chi connectivity index (χ0n) is 15.2. The van der Waals surface area contributed by atoms with Gasteiger partial charge in [0, 0.05) is 12.1 Å². The molecule has 0 radical (unpaired) electrons. The summed E-state index contributed by atoms with van der Waals surface area (Å²) in [7, 11) is 0. The summed E-state index contributed by atoms with van der Waals surface area (Å²) in [6.45, 7) is -0.826. The van der Waals surface area contributed by atoms with Crippen molar-refractivity contribution in [1.82, 2.24) is 9.55 Å². The SMILES string of the molecule is O=C(Nc1ccn([C@@H]2O[C@H](CO)[C@@H](O)C2(F)F)c(=O)n1)C1Cc2ccccc2C1. The monoisotopic (exact) mass is 407 g/mol. The summed E-state index contributed by atoms with van der Waals surface area (Å²) in [6, 6.07) is 8.92. The van der Waals surface area contributed by atoms with Crippen molar-refractivity contribution in [1.29, 1.82) is 0 Å². The van der Waals surface area contributed by atoms with Crippen molar-refractivity contribution in [3.63, 3.8) is 0 Å². The third kappa shape index (κ3) is 3.43. The van der Waals surface area contributed by atoms with E-state index in [9.17, 15) is 23.5 Å². The second-order valence-electron chi connectivity index (χ2n) is 7.19. The van der Waals surface area contributed by atoms with Crippen LogP contribution < -0.4 is 11.0 Å². The Balaban J connectivity index is 1.48. The molecule has 29 heavy (non-hydrogen) atoms. The molecular formula is C19H19F2N3O5. The molecule has 2 aliphatic rings. The number of amides is 1. The second kappa shape index (κ2) is 7.29. The maximum absolute atomic E-state index is 14.2. The lowest BCUT2D eigenvalue weighted by atomic mass is 10.1. The molecule has 1 aromatic carbocycles. The number of aliphatic hydroxyl groups is 2. The number of carbonyl (C=O) groups is 1. The van der Waals surface area contributed by atoms with Crippen LogP contribution in [0.5, 0.6) is 0 Å². The number of aliphatic hydroxyl groups excluding tert-OH is 2. The van der Waals surface area contributed by atoms with Gasteiger partial charge in [0.15, 0.2) is 6.10 Å². The summed E-state index contributed by atoms with van der Waals surface area (Å²) in [6.07, 6.45) is -3.73. The van der Waals surface area contributed by atoms with Gasteiger partial charge in [-0.2, -0.15) is 13.8 Å².